The molecule has 0 saturated heterocycles. The van der Waals surface area contributed by atoms with Crippen LogP contribution in [0.15, 0.2) is 23.1 Å². The van der Waals surface area contributed by atoms with E-state index >= 15 is 0 Å². The summed E-state index contributed by atoms with van der Waals surface area (Å²) in [5, 5.41) is 8.78. The maximum absolute atomic E-state index is 13.6. The van der Waals surface area contributed by atoms with Crippen molar-refractivity contribution in [2.24, 2.45) is 0 Å². The molecule has 1 N–H and O–H groups in total. The van der Waals surface area contributed by atoms with Gasteiger partial charge < -0.3 is 5.11 Å². The van der Waals surface area contributed by atoms with Gasteiger partial charge in [-0.05, 0) is 31.5 Å². The van der Waals surface area contributed by atoms with E-state index in [2.05, 4.69) is 0 Å². The lowest BCUT2D eigenvalue weighted by Gasteiger charge is -2.21. The van der Waals surface area contributed by atoms with Gasteiger partial charge in [0.05, 0.1) is 0 Å². The van der Waals surface area contributed by atoms with Gasteiger partial charge >= 0.3 is 5.97 Å². The fraction of sp³-hybridized carbons (Fsp3) is 0.364. The van der Waals surface area contributed by atoms with Crippen LogP contribution in [0.3, 0.4) is 0 Å². The molecule has 18 heavy (non-hydrogen) atoms. The number of carboxylic acid groups (broad SMARTS) is 1. The highest BCUT2D eigenvalue weighted by Gasteiger charge is 2.31. The molecule has 0 fully saturated rings. The summed E-state index contributed by atoms with van der Waals surface area (Å²) < 4.78 is 38.3. The summed E-state index contributed by atoms with van der Waals surface area (Å²) in [6, 6.07) is 2.41. The van der Waals surface area contributed by atoms with Crippen LogP contribution in [0, 0.1) is 12.7 Å². The Morgan fingerprint density at radius 1 is 1.44 bits per heavy atom. The number of sulfonamides is 1. The van der Waals surface area contributed by atoms with Crippen LogP contribution in [0.5, 0.6) is 0 Å². The van der Waals surface area contributed by atoms with Gasteiger partial charge in [-0.15, -0.1) is 0 Å². The number of rotatable bonds is 4. The summed E-state index contributed by atoms with van der Waals surface area (Å²) in [5.41, 5.74) is 0.584. The lowest BCUT2D eigenvalue weighted by molar-refractivity contribution is -0.140. The highest BCUT2D eigenvalue weighted by atomic mass is 32.2. The maximum atomic E-state index is 13.6. The molecule has 7 heteroatoms. The number of carbonyl (C=O) groups is 1. The van der Waals surface area contributed by atoms with Gasteiger partial charge in [-0.3, -0.25) is 4.79 Å². The van der Waals surface area contributed by atoms with Crippen LogP contribution in [-0.4, -0.2) is 36.9 Å². The monoisotopic (exact) mass is 275 g/mol. The van der Waals surface area contributed by atoms with Gasteiger partial charge in [0.2, 0.25) is 10.0 Å². The summed E-state index contributed by atoms with van der Waals surface area (Å²) in [5.74, 6) is -2.19. The number of aryl methyl sites for hydroxylation is 1. The Morgan fingerprint density at radius 3 is 2.44 bits per heavy atom. The maximum Gasteiger partial charge on any atom is 0.321 e. The molecule has 1 rings (SSSR count). The fourth-order valence-electron chi connectivity index (χ4n) is 1.33. The Kier molecular flexibility index (Phi) is 4.08. The van der Waals surface area contributed by atoms with E-state index in [0.717, 1.165) is 19.2 Å². The van der Waals surface area contributed by atoms with E-state index in [4.69, 9.17) is 5.11 Å². The van der Waals surface area contributed by atoms with Crippen molar-refractivity contribution in [2.45, 2.75) is 24.8 Å². The predicted molar refractivity (Wildman–Crippen MR) is 63.2 cm³/mol. The molecule has 0 saturated carbocycles. The molecule has 5 nitrogen and oxygen atoms in total. The van der Waals surface area contributed by atoms with E-state index in [-0.39, 0.29) is 0 Å². The minimum absolute atomic E-state index is 0.524. The lowest BCUT2D eigenvalue weighted by Crippen LogP contribution is -2.40. The summed E-state index contributed by atoms with van der Waals surface area (Å²) >= 11 is 0. The molecule has 0 bridgehead atoms. The second-order valence-corrected chi connectivity index (χ2v) is 5.94. The third kappa shape index (κ3) is 2.68. The Hall–Kier alpha value is -1.47. The Labute approximate surface area is 105 Å². The van der Waals surface area contributed by atoms with Crippen LogP contribution in [-0.2, 0) is 14.8 Å². The van der Waals surface area contributed by atoms with Crippen LogP contribution in [0.2, 0.25) is 0 Å². The highest BCUT2D eigenvalue weighted by molar-refractivity contribution is 7.89. The third-order valence-corrected chi connectivity index (χ3v) is 4.61. The molecule has 0 radical (unpaired) electrons. The summed E-state index contributed by atoms with van der Waals surface area (Å²) in [6.45, 7) is 2.84. The van der Waals surface area contributed by atoms with Gasteiger partial charge in [0.25, 0.3) is 0 Å². The minimum atomic E-state index is -4.15. The van der Waals surface area contributed by atoms with Crippen molar-refractivity contribution in [2.75, 3.05) is 7.05 Å². The highest BCUT2D eigenvalue weighted by Crippen LogP contribution is 2.20. The third-order valence-electron chi connectivity index (χ3n) is 2.65. The van der Waals surface area contributed by atoms with Crippen molar-refractivity contribution in [3.8, 4) is 0 Å². The van der Waals surface area contributed by atoms with Crippen molar-refractivity contribution < 1.29 is 22.7 Å². The molecular weight excluding hydrogens is 261 g/mol. The number of halogens is 1. The normalized spacial score (nSPS) is 13.6. The molecular formula is C11H14FNO4S. The number of hydrogen-bond acceptors (Lipinski definition) is 3. The molecule has 1 aromatic carbocycles. The van der Waals surface area contributed by atoms with Crippen molar-refractivity contribution in [3.63, 3.8) is 0 Å². The quantitative estimate of drug-likeness (QED) is 0.896. The molecule has 100 valence electrons. The molecule has 1 unspecified atom stereocenters. The number of carboxylic acids is 1. The van der Waals surface area contributed by atoms with Gasteiger partial charge in [-0.1, -0.05) is 6.07 Å². The first-order valence-electron chi connectivity index (χ1n) is 5.15. The van der Waals surface area contributed by atoms with Gasteiger partial charge in [0.15, 0.2) is 0 Å². The molecule has 0 aliphatic heterocycles. The standard InChI is InChI=1S/C11H14FNO4S/c1-7-4-5-10(9(12)6-7)18(16,17)13(3)8(2)11(14)15/h4-6,8H,1-3H3,(H,14,15). The minimum Gasteiger partial charge on any atom is -0.480 e. The summed E-state index contributed by atoms with van der Waals surface area (Å²) in [4.78, 5) is 10.2. The van der Waals surface area contributed by atoms with E-state index in [1.54, 1.807) is 6.92 Å². The average Bonchev–Trinajstić information content (AvgIpc) is 2.26. The van der Waals surface area contributed by atoms with Gasteiger partial charge in [0.1, 0.15) is 16.8 Å². The first kappa shape index (κ1) is 14.6. The number of likely N-dealkylation sites (N-methyl/N-ethyl adjacent to an activating group) is 1. The van der Waals surface area contributed by atoms with Crippen molar-refractivity contribution in [1.29, 1.82) is 0 Å². The van der Waals surface area contributed by atoms with Crippen LogP contribution in [0.25, 0.3) is 0 Å². The van der Waals surface area contributed by atoms with Gasteiger partial charge in [-0.2, -0.15) is 4.31 Å². The molecule has 0 aliphatic carbocycles. The van der Waals surface area contributed by atoms with Crippen molar-refractivity contribution in [3.05, 3.63) is 29.6 Å². The zero-order valence-electron chi connectivity index (χ0n) is 10.2. The van der Waals surface area contributed by atoms with Gasteiger partial charge in [0, 0.05) is 7.05 Å². The van der Waals surface area contributed by atoms with Crippen LogP contribution < -0.4 is 0 Å². The predicted octanol–water partition coefficient (Wildman–Crippen LogP) is 1.23. The second kappa shape index (κ2) is 5.03. The number of benzene rings is 1. The van der Waals surface area contributed by atoms with E-state index < -0.39 is 32.7 Å². The van der Waals surface area contributed by atoms with Crippen LogP contribution in [0.1, 0.15) is 12.5 Å². The number of aliphatic carboxylic acids is 1. The van der Waals surface area contributed by atoms with E-state index in [1.807, 2.05) is 0 Å². The smallest absolute Gasteiger partial charge is 0.321 e. The van der Waals surface area contributed by atoms with Crippen molar-refractivity contribution in [1.82, 2.24) is 4.31 Å². The first-order chi connectivity index (χ1) is 8.17. The van der Waals surface area contributed by atoms with E-state index in [9.17, 15) is 17.6 Å². The lowest BCUT2D eigenvalue weighted by atomic mass is 10.2. The molecule has 0 aliphatic rings. The molecule has 0 amide bonds. The topological polar surface area (TPSA) is 74.7 Å². The molecule has 0 spiro atoms. The molecule has 1 aromatic rings. The van der Waals surface area contributed by atoms with Crippen LogP contribution >= 0.6 is 0 Å². The Balaban J connectivity index is 3.25. The Bertz CT molecular complexity index is 570. The van der Waals surface area contributed by atoms with Crippen molar-refractivity contribution >= 4 is 16.0 Å². The largest absolute Gasteiger partial charge is 0.480 e. The first-order valence-corrected chi connectivity index (χ1v) is 6.59. The van der Waals surface area contributed by atoms with E-state index in [0.29, 0.717) is 9.87 Å². The Morgan fingerprint density at radius 2 is 2.00 bits per heavy atom. The van der Waals surface area contributed by atoms with E-state index in [1.165, 1.54) is 13.0 Å². The zero-order chi connectivity index (χ0) is 14.1. The second-order valence-electron chi connectivity index (χ2n) is 3.97. The fourth-order valence-corrected chi connectivity index (χ4v) is 2.70. The molecule has 0 heterocycles. The van der Waals surface area contributed by atoms with Gasteiger partial charge in [-0.25, -0.2) is 12.8 Å². The number of hydrogen-bond donors (Lipinski definition) is 1. The van der Waals surface area contributed by atoms with Crippen LogP contribution in [0.4, 0.5) is 4.39 Å². The zero-order valence-corrected chi connectivity index (χ0v) is 11.0. The summed E-state index contributed by atoms with van der Waals surface area (Å²) in [6.07, 6.45) is 0. The summed E-state index contributed by atoms with van der Waals surface area (Å²) in [7, 11) is -3.05. The number of nitrogens with zero attached hydrogens (tertiary/aromatic N) is 1. The SMILES string of the molecule is Cc1ccc(S(=O)(=O)N(C)C(C)C(=O)O)c(F)c1. The molecule has 1 atom stereocenters. The average molecular weight is 275 g/mol. The molecule has 0 aromatic heterocycles.